The molecule has 2 aromatic heterocycles. The number of aromatic nitrogens is 1. The molecule has 1 saturated heterocycles. The third kappa shape index (κ3) is 4.72. The highest BCUT2D eigenvalue weighted by Gasteiger charge is 2.18. The molecule has 0 radical (unpaired) electrons. The number of nitrogens with one attached hydrogen (secondary N) is 1. The van der Waals surface area contributed by atoms with Crippen LogP contribution in [0.2, 0.25) is 5.02 Å². The molecule has 1 fully saturated rings. The van der Waals surface area contributed by atoms with Gasteiger partial charge in [0.2, 0.25) is 5.88 Å². The average Bonchev–Trinajstić information content (AvgIpc) is 3.10. The molecule has 0 unspecified atom stereocenters. The summed E-state index contributed by atoms with van der Waals surface area (Å²) in [5.41, 5.74) is 0.332. The van der Waals surface area contributed by atoms with Gasteiger partial charge >= 0.3 is 0 Å². The Hall–Kier alpha value is -2.09. The quantitative estimate of drug-likeness (QED) is 0.814. The fourth-order valence-electron chi connectivity index (χ4n) is 2.46. The molecule has 2 aromatic rings. The highest BCUT2D eigenvalue weighted by molar-refractivity contribution is 6.32. The fourth-order valence-corrected chi connectivity index (χ4v) is 2.67. The third-order valence-corrected chi connectivity index (χ3v) is 4.08. The number of carbonyl (C=O) groups is 1. The van der Waals surface area contributed by atoms with Crippen molar-refractivity contribution in [3.05, 3.63) is 46.5 Å². The zero-order valence-electron chi connectivity index (χ0n) is 13.5. The van der Waals surface area contributed by atoms with Gasteiger partial charge in [0, 0.05) is 19.0 Å². The molecule has 1 aliphatic rings. The number of ether oxygens (including phenoxy) is 2. The second-order valence-electron chi connectivity index (χ2n) is 5.65. The van der Waals surface area contributed by atoms with Crippen LogP contribution < -0.4 is 10.1 Å². The van der Waals surface area contributed by atoms with Crippen LogP contribution in [0.5, 0.6) is 5.88 Å². The highest BCUT2D eigenvalue weighted by atomic mass is 35.5. The standard InChI is InChI=1S/C17H19ClN2O5/c18-15-7-11(8-20-17(15)25-12-3-5-23-6-4-12)16(22)19-9-13-1-2-14(10-21)24-13/h1-2,7-8,12,21H,3-6,9-10H2,(H,19,22). The van der Waals surface area contributed by atoms with Crippen LogP contribution in [0.3, 0.4) is 0 Å². The predicted molar refractivity (Wildman–Crippen MR) is 89.5 cm³/mol. The Morgan fingerprint density at radius 2 is 2.12 bits per heavy atom. The van der Waals surface area contributed by atoms with E-state index in [4.69, 9.17) is 30.6 Å². The van der Waals surface area contributed by atoms with Crippen molar-refractivity contribution < 1.29 is 23.8 Å². The van der Waals surface area contributed by atoms with E-state index in [0.717, 1.165) is 12.8 Å². The van der Waals surface area contributed by atoms with Gasteiger partial charge in [0.1, 0.15) is 29.3 Å². The average molecular weight is 367 g/mol. The maximum atomic E-state index is 12.2. The van der Waals surface area contributed by atoms with Crippen LogP contribution in [0.15, 0.2) is 28.8 Å². The van der Waals surface area contributed by atoms with Gasteiger partial charge in [-0.1, -0.05) is 11.6 Å². The second kappa shape index (κ2) is 8.33. The van der Waals surface area contributed by atoms with Crippen molar-refractivity contribution in [1.82, 2.24) is 10.3 Å². The van der Waals surface area contributed by atoms with E-state index in [-0.39, 0.29) is 25.2 Å². The van der Waals surface area contributed by atoms with Crippen LogP contribution in [-0.4, -0.2) is 35.3 Å². The van der Waals surface area contributed by atoms with Crippen molar-refractivity contribution >= 4 is 17.5 Å². The summed E-state index contributed by atoms with van der Waals surface area (Å²) in [6.07, 6.45) is 3.04. The summed E-state index contributed by atoms with van der Waals surface area (Å²) in [4.78, 5) is 16.3. The summed E-state index contributed by atoms with van der Waals surface area (Å²) in [5.74, 6) is 0.997. The summed E-state index contributed by atoms with van der Waals surface area (Å²) in [5, 5.41) is 12.0. The van der Waals surface area contributed by atoms with E-state index in [1.165, 1.54) is 12.3 Å². The molecule has 0 atom stereocenters. The van der Waals surface area contributed by atoms with Crippen molar-refractivity contribution in [2.75, 3.05) is 13.2 Å². The van der Waals surface area contributed by atoms with Gasteiger partial charge in [0.25, 0.3) is 5.91 Å². The zero-order valence-corrected chi connectivity index (χ0v) is 14.3. The van der Waals surface area contributed by atoms with E-state index < -0.39 is 0 Å². The summed E-state index contributed by atoms with van der Waals surface area (Å²) in [6, 6.07) is 4.88. The number of halogens is 1. The van der Waals surface area contributed by atoms with Crippen LogP contribution in [0.1, 0.15) is 34.7 Å². The monoisotopic (exact) mass is 366 g/mol. The minimum atomic E-state index is -0.325. The van der Waals surface area contributed by atoms with E-state index in [1.807, 2.05) is 0 Å². The van der Waals surface area contributed by atoms with Crippen molar-refractivity contribution in [2.45, 2.75) is 32.1 Å². The predicted octanol–water partition coefficient (Wildman–Crippen LogP) is 2.31. The first-order chi connectivity index (χ1) is 12.2. The molecule has 0 aromatic carbocycles. The van der Waals surface area contributed by atoms with Crippen LogP contribution in [0.25, 0.3) is 0 Å². The first-order valence-electron chi connectivity index (χ1n) is 8.02. The lowest BCUT2D eigenvalue weighted by atomic mass is 10.1. The Kier molecular flexibility index (Phi) is 5.91. The van der Waals surface area contributed by atoms with E-state index in [9.17, 15) is 4.79 Å². The van der Waals surface area contributed by atoms with Crippen molar-refractivity contribution in [3.63, 3.8) is 0 Å². The number of rotatable bonds is 6. The molecular formula is C17H19ClN2O5. The Morgan fingerprint density at radius 3 is 2.80 bits per heavy atom. The minimum Gasteiger partial charge on any atom is -0.473 e. The maximum absolute atomic E-state index is 12.2. The van der Waals surface area contributed by atoms with Gasteiger partial charge in [-0.2, -0.15) is 0 Å². The lowest BCUT2D eigenvalue weighted by Gasteiger charge is -2.23. The molecule has 3 heterocycles. The zero-order chi connectivity index (χ0) is 17.6. The van der Waals surface area contributed by atoms with Crippen LogP contribution >= 0.6 is 11.6 Å². The van der Waals surface area contributed by atoms with Gasteiger partial charge in [-0.15, -0.1) is 0 Å². The Labute approximate surface area is 149 Å². The molecule has 1 amide bonds. The Balaban J connectivity index is 1.58. The number of hydrogen-bond acceptors (Lipinski definition) is 6. The van der Waals surface area contributed by atoms with Crippen molar-refractivity contribution in [3.8, 4) is 5.88 Å². The van der Waals surface area contributed by atoms with Gasteiger partial charge in [-0.05, 0) is 18.2 Å². The van der Waals surface area contributed by atoms with E-state index in [0.29, 0.717) is 41.2 Å². The summed E-state index contributed by atoms with van der Waals surface area (Å²) in [6.45, 7) is 1.35. The fraction of sp³-hybridized carbons (Fsp3) is 0.412. The van der Waals surface area contributed by atoms with Gasteiger partial charge in [0.15, 0.2) is 0 Å². The third-order valence-electron chi connectivity index (χ3n) is 3.81. The molecule has 8 heteroatoms. The van der Waals surface area contributed by atoms with Crippen LogP contribution in [-0.2, 0) is 17.9 Å². The SMILES string of the molecule is O=C(NCc1ccc(CO)o1)c1cnc(OC2CCOCC2)c(Cl)c1. The van der Waals surface area contributed by atoms with Crippen molar-refractivity contribution in [1.29, 1.82) is 0 Å². The highest BCUT2D eigenvalue weighted by Crippen LogP contribution is 2.25. The molecular weight excluding hydrogens is 348 g/mol. The van der Waals surface area contributed by atoms with E-state index in [1.54, 1.807) is 12.1 Å². The van der Waals surface area contributed by atoms with Crippen molar-refractivity contribution in [2.24, 2.45) is 0 Å². The number of aliphatic hydroxyl groups excluding tert-OH is 1. The number of nitrogens with zero attached hydrogens (tertiary/aromatic N) is 1. The first kappa shape index (κ1) is 17.7. The molecule has 1 aliphatic heterocycles. The van der Waals surface area contributed by atoms with Gasteiger partial charge in [0.05, 0.1) is 25.3 Å². The number of carbonyl (C=O) groups excluding carboxylic acids is 1. The topological polar surface area (TPSA) is 93.8 Å². The Morgan fingerprint density at radius 1 is 1.36 bits per heavy atom. The Bertz CT molecular complexity index is 728. The maximum Gasteiger partial charge on any atom is 0.253 e. The van der Waals surface area contributed by atoms with Gasteiger partial charge in [-0.3, -0.25) is 4.79 Å². The molecule has 0 saturated carbocycles. The molecule has 0 aliphatic carbocycles. The lowest BCUT2D eigenvalue weighted by molar-refractivity contribution is 0.0238. The van der Waals surface area contributed by atoms with E-state index >= 15 is 0 Å². The van der Waals surface area contributed by atoms with Gasteiger partial charge < -0.3 is 24.3 Å². The molecule has 0 bridgehead atoms. The van der Waals surface area contributed by atoms with Gasteiger partial charge in [-0.25, -0.2) is 4.98 Å². The largest absolute Gasteiger partial charge is 0.473 e. The second-order valence-corrected chi connectivity index (χ2v) is 6.06. The number of pyridine rings is 1. The van der Waals surface area contributed by atoms with Crippen LogP contribution in [0, 0.1) is 0 Å². The minimum absolute atomic E-state index is 0.0260. The number of hydrogen-bond donors (Lipinski definition) is 2. The van der Waals surface area contributed by atoms with E-state index in [2.05, 4.69) is 10.3 Å². The number of amides is 1. The normalized spacial score (nSPS) is 15.1. The molecule has 3 rings (SSSR count). The smallest absolute Gasteiger partial charge is 0.253 e. The molecule has 7 nitrogen and oxygen atoms in total. The first-order valence-corrected chi connectivity index (χ1v) is 8.40. The molecule has 25 heavy (non-hydrogen) atoms. The molecule has 134 valence electrons. The molecule has 2 N–H and O–H groups in total. The number of aliphatic hydroxyl groups is 1. The number of furan rings is 1. The van der Waals surface area contributed by atoms with Crippen LogP contribution in [0.4, 0.5) is 0 Å². The summed E-state index contributed by atoms with van der Waals surface area (Å²) in [7, 11) is 0. The lowest BCUT2D eigenvalue weighted by Crippen LogP contribution is -2.26. The summed E-state index contributed by atoms with van der Waals surface area (Å²) >= 11 is 6.19. The molecule has 0 spiro atoms. The summed E-state index contributed by atoms with van der Waals surface area (Å²) < 4.78 is 16.4.